The molecule has 0 aliphatic rings. The molecule has 0 saturated carbocycles. The summed E-state index contributed by atoms with van der Waals surface area (Å²) in [7, 11) is 1.53. The Hall–Kier alpha value is -3.35. The van der Waals surface area contributed by atoms with Gasteiger partial charge in [-0.05, 0) is 24.3 Å². The number of methoxy groups -OCH3 is 1. The van der Waals surface area contributed by atoms with Crippen molar-refractivity contribution in [1.82, 2.24) is 19.8 Å². The van der Waals surface area contributed by atoms with Crippen LogP contribution < -0.4 is 15.3 Å². The van der Waals surface area contributed by atoms with Gasteiger partial charge in [0.1, 0.15) is 30.4 Å². The zero-order chi connectivity index (χ0) is 23.1. The van der Waals surface area contributed by atoms with Crippen LogP contribution in [0.15, 0.2) is 52.2 Å². The molecule has 2 heterocycles. The van der Waals surface area contributed by atoms with Gasteiger partial charge in [0, 0.05) is 6.07 Å². The molecule has 0 fully saturated rings. The molecule has 1 amide bonds. The van der Waals surface area contributed by atoms with E-state index in [4.69, 9.17) is 19.7 Å². The monoisotopic (exact) mass is 471 g/mol. The van der Waals surface area contributed by atoms with Crippen molar-refractivity contribution in [2.75, 3.05) is 25.3 Å². The average molecular weight is 471 g/mol. The van der Waals surface area contributed by atoms with E-state index in [-0.39, 0.29) is 35.6 Å². The van der Waals surface area contributed by atoms with Crippen molar-refractivity contribution in [1.29, 1.82) is 0 Å². The number of hydrogen-bond donors (Lipinski definition) is 1. The molecule has 0 bridgehead atoms. The minimum Gasteiger partial charge on any atom is -0.497 e. The van der Waals surface area contributed by atoms with Crippen molar-refractivity contribution < 1.29 is 31.9 Å². The number of halogens is 3. The van der Waals surface area contributed by atoms with E-state index in [0.717, 1.165) is 16.4 Å². The predicted molar refractivity (Wildman–Crippen MR) is 108 cm³/mol. The van der Waals surface area contributed by atoms with E-state index >= 15 is 0 Å². The van der Waals surface area contributed by atoms with E-state index in [1.807, 2.05) is 0 Å². The number of rotatable bonds is 10. The third-order valence-corrected chi connectivity index (χ3v) is 5.05. The largest absolute Gasteiger partial charge is 0.497 e. The standard InChI is InChI=1S/C19H20F3N5O4S/c1-29-13-4-2-5-14(8-13)31-10-16-24-25-18(27(16)23)32-11-17(28)26(12-19(20,21)22)9-15-6-3-7-30-15/h2-8H,9-12,23H2,1H3. The number of amides is 1. The minimum atomic E-state index is -4.55. The predicted octanol–water partition coefficient (Wildman–Crippen LogP) is 2.86. The Labute approximate surface area is 185 Å². The molecule has 172 valence electrons. The summed E-state index contributed by atoms with van der Waals surface area (Å²) in [5.74, 6) is 6.53. The zero-order valence-electron chi connectivity index (χ0n) is 16.9. The fraction of sp³-hybridized carbons (Fsp3) is 0.316. The second-order valence-corrected chi connectivity index (χ2v) is 7.41. The Morgan fingerprint density at radius 1 is 1.25 bits per heavy atom. The fourth-order valence-electron chi connectivity index (χ4n) is 2.60. The van der Waals surface area contributed by atoms with Crippen molar-refractivity contribution in [3.8, 4) is 11.5 Å². The van der Waals surface area contributed by atoms with E-state index in [0.29, 0.717) is 16.4 Å². The molecule has 3 aromatic rings. The van der Waals surface area contributed by atoms with Crippen LogP contribution in [0.5, 0.6) is 11.5 Å². The lowest BCUT2D eigenvalue weighted by atomic mass is 10.3. The summed E-state index contributed by atoms with van der Waals surface area (Å²) < 4.78 is 55.6. The van der Waals surface area contributed by atoms with Gasteiger partial charge in [-0.2, -0.15) is 13.2 Å². The third-order valence-electron chi connectivity index (χ3n) is 4.12. The van der Waals surface area contributed by atoms with E-state index in [9.17, 15) is 18.0 Å². The lowest BCUT2D eigenvalue weighted by Gasteiger charge is -2.22. The highest BCUT2D eigenvalue weighted by Crippen LogP contribution is 2.22. The average Bonchev–Trinajstić information content (AvgIpc) is 3.39. The Morgan fingerprint density at radius 2 is 2.03 bits per heavy atom. The van der Waals surface area contributed by atoms with Gasteiger partial charge < -0.3 is 24.6 Å². The Kier molecular flexibility index (Phi) is 7.51. The highest BCUT2D eigenvalue weighted by Gasteiger charge is 2.33. The quantitative estimate of drug-likeness (QED) is 0.355. The first-order valence-electron chi connectivity index (χ1n) is 9.21. The zero-order valence-corrected chi connectivity index (χ0v) is 17.7. The summed E-state index contributed by atoms with van der Waals surface area (Å²) in [5.41, 5.74) is 0. The molecule has 13 heteroatoms. The van der Waals surface area contributed by atoms with Gasteiger partial charge in [-0.25, -0.2) is 4.68 Å². The maximum atomic E-state index is 12.9. The molecule has 3 rings (SSSR count). The van der Waals surface area contributed by atoms with Crippen molar-refractivity contribution in [3.05, 3.63) is 54.2 Å². The molecule has 0 aliphatic heterocycles. The van der Waals surface area contributed by atoms with Gasteiger partial charge in [0.05, 0.1) is 25.7 Å². The maximum absolute atomic E-state index is 12.9. The molecule has 0 spiro atoms. The summed E-state index contributed by atoms with van der Waals surface area (Å²) in [6.45, 7) is -1.72. The number of aromatic nitrogens is 3. The molecule has 2 N–H and O–H groups in total. The number of alkyl halides is 3. The van der Waals surface area contributed by atoms with Crippen LogP contribution in [0.3, 0.4) is 0 Å². The molecule has 1 aromatic carbocycles. The number of furan rings is 1. The number of benzene rings is 1. The highest BCUT2D eigenvalue weighted by molar-refractivity contribution is 7.99. The van der Waals surface area contributed by atoms with Gasteiger partial charge in [-0.1, -0.05) is 17.8 Å². The van der Waals surface area contributed by atoms with Gasteiger partial charge in [0.15, 0.2) is 5.82 Å². The third kappa shape index (κ3) is 6.57. The lowest BCUT2D eigenvalue weighted by molar-refractivity contribution is -0.161. The number of carbonyl (C=O) groups is 1. The SMILES string of the molecule is COc1cccc(OCc2nnc(SCC(=O)N(Cc3ccco3)CC(F)(F)F)n2N)c1. The second-order valence-electron chi connectivity index (χ2n) is 6.47. The Morgan fingerprint density at radius 3 is 2.72 bits per heavy atom. The molecule has 0 radical (unpaired) electrons. The van der Waals surface area contributed by atoms with Crippen LogP contribution in [0.4, 0.5) is 13.2 Å². The fourth-order valence-corrected chi connectivity index (χ4v) is 3.38. The molecule has 2 aromatic heterocycles. The van der Waals surface area contributed by atoms with Crippen LogP contribution in [0, 0.1) is 0 Å². The number of hydrogen-bond acceptors (Lipinski definition) is 8. The summed E-state index contributed by atoms with van der Waals surface area (Å²) in [6.07, 6.45) is -3.22. The van der Waals surface area contributed by atoms with E-state index in [1.54, 1.807) is 24.3 Å². The van der Waals surface area contributed by atoms with E-state index in [1.165, 1.54) is 25.5 Å². The van der Waals surface area contributed by atoms with Crippen molar-refractivity contribution in [2.45, 2.75) is 24.5 Å². The number of nitrogens with two attached hydrogens (primary N) is 1. The van der Waals surface area contributed by atoms with Gasteiger partial charge in [0.25, 0.3) is 0 Å². The van der Waals surface area contributed by atoms with E-state index < -0.39 is 18.6 Å². The van der Waals surface area contributed by atoms with Crippen LogP contribution >= 0.6 is 11.8 Å². The number of nitrogens with zero attached hydrogens (tertiary/aromatic N) is 4. The Bertz CT molecular complexity index is 1030. The highest BCUT2D eigenvalue weighted by atomic mass is 32.2. The summed E-state index contributed by atoms with van der Waals surface area (Å²) in [5, 5.41) is 7.95. The summed E-state index contributed by atoms with van der Waals surface area (Å²) in [4.78, 5) is 13.1. The first kappa shape index (κ1) is 23.3. The van der Waals surface area contributed by atoms with Crippen LogP contribution in [-0.2, 0) is 17.9 Å². The van der Waals surface area contributed by atoms with Crippen LogP contribution in [-0.4, -0.2) is 51.3 Å². The summed E-state index contributed by atoms with van der Waals surface area (Å²) >= 11 is 0.870. The first-order chi connectivity index (χ1) is 15.2. The molecule has 0 unspecified atom stereocenters. The van der Waals surface area contributed by atoms with E-state index in [2.05, 4.69) is 10.2 Å². The minimum absolute atomic E-state index is 0.0101. The number of nitrogen functional groups attached to an aromatic ring is 1. The summed E-state index contributed by atoms with van der Waals surface area (Å²) in [6, 6.07) is 9.95. The van der Waals surface area contributed by atoms with Crippen molar-refractivity contribution >= 4 is 17.7 Å². The normalized spacial score (nSPS) is 11.4. The molecule has 0 aliphatic carbocycles. The molecule has 0 atom stereocenters. The molecule has 9 nitrogen and oxygen atoms in total. The van der Waals surface area contributed by atoms with Gasteiger partial charge in [0.2, 0.25) is 11.1 Å². The first-order valence-corrected chi connectivity index (χ1v) is 10.2. The molecule has 0 saturated heterocycles. The van der Waals surface area contributed by atoms with Crippen LogP contribution in [0.25, 0.3) is 0 Å². The number of thioether (sulfide) groups is 1. The van der Waals surface area contributed by atoms with Gasteiger partial charge in [-0.3, -0.25) is 4.79 Å². The second kappa shape index (κ2) is 10.3. The topological polar surface area (TPSA) is 109 Å². The maximum Gasteiger partial charge on any atom is 0.406 e. The van der Waals surface area contributed by atoms with Gasteiger partial charge >= 0.3 is 6.18 Å². The number of ether oxygens (including phenoxy) is 2. The number of carbonyl (C=O) groups excluding carboxylic acids is 1. The van der Waals surface area contributed by atoms with Crippen molar-refractivity contribution in [2.24, 2.45) is 0 Å². The molecule has 32 heavy (non-hydrogen) atoms. The Balaban J connectivity index is 1.59. The molecular formula is C19H20F3N5O4S. The van der Waals surface area contributed by atoms with Crippen molar-refractivity contribution in [3.63, 3.8) is 0 Å². The van der Waals surface area contributed by atoms with Gasteiger partial charge in [-0.15, -0.1) is 10.2 Å². The molecular weight excluding hydrogens is 451 g/mol. The lowest BCUT2D eigenvalue weighted by Crippen LogP contribution is -2.39. The van der Waals surface area contributed by atoms with Crippen LogP contribution in [0.2, 0.25) is 0 Å². The smallest absolute Gasteiger partial charge is 0.406 e. The van der Waals surface area contributed by atoms with Crippen LogP contribution in [0.1, 0.15) is 11.6 Å².